The second-order valence-corrected chi connectivity index (χ2v) is 3.86. The molecule has 96 valence electrons. The molecule has 0 bridgehead atoms. The minimum Gasteiger partial charge on any atom is -0.316 e. The molecule has 18 heavy (non-hydrogen) atoms. The average Bonchev–Trinajstić information content (AvgIpc) is 2.79. The van der Waals surface area contributed by atoms with Gasteiger partial charge in [0.05, 0.1) is 6.54 Å². The Kier molecular flexibility index (Phi) is 3.28. The van der Waals surface area contributed by atoms with Crippen LogP contribution in [0.1, 0.15) is 12.7 Å². The number of nitrogens with one attached hydrogen (secondary N) is 1. The highest BCUT2D eigenvalue weighted by atomic mass is 35.5. The van der Waals surface area contributed by atoms with Crippen LogP contribution in [-0.4, -0.2) is 24.3 Å². The first-order valence-corrected chi connectivity index (χ1v) is 5.47. The number of rotatable bonds is 3. The minimum atomic E-state index is -1.20. The predicted octanol–water partition coefficient (Wildman–Crippen LogP) is -0.0112. The third-order valence-corrected chi connectivity index (χ3v) is 2.68. The lowest BCUT2D eigenvalue weighted by Crippen LogP contribution is -2.38. The van der Waals surface area contributed by atoms with Crippen molar-refractivity contribution in [1.29, 1.82) is 0 Å². The van der Waals surface area contributed by atoms with E-state index in [0.29, 0.717) is 16.9 Å². The summed E-state index contributed by atoms with van der Waals surface area (Å²) in [4.78, 5) is 25.1. The van der Waals surface area contributed by atoms with Crippen molar-refractivity contribution in [3.8, 4) is 0 Å². The van der Waals surface area contributed by atoms with Crippen LogP contribution in [-0.2, 0) is 13.1 Å². The van der Waals surface area contributed by atoms with Crippen molar-refractivity contribution in [2.45, 2.75) is 20.0 Å². The van der Waals surface area contributed by atoms with Crippen LogP contribution < -0.4 is 11.2 Å². The monoisotopic (exact) mass is 273 g/mol. The molecule has 2 aromatic rings. The smallest absolute Gasteiger partial charge is 0.316 e. The molecule has 0 spiro atoms. The van der Waals surface area contributed by atoms with Crippen molar-refractivity contribution in [2.75, 3.05) is 0 Å². The van der Waals surface area contributed by atoms with Crippen molar-refractivity contribution in [2.24, 2.45) is 0 Å². The summed E-state index contributed by atoms with van der Waals surface area (Å²) < 4.78 is 15.6. The first kappa shape index (κ1) is 12.5. The van der Waals surface area contributed by atoms with Crippen LogP contribution in [0.5, 0.6) is 0 Å². The summed E-state index contributed by atoms with van der Waals surface area (Å²) in [6, 6.07) is 0. The number of halogens is 2. The molecule has 2 heterocycles. The van der Waals surface area contributed by atoms with Gasteiger partial charge in [-0.3, -0.25) is 14.3 Å². The van der Waals surface area contributed by atoms with Gasteiger partial charge in [0.25, 0.3) is 5.56 Å². The van der Waals surface area contributed by atoms with Gasteiger partial charge >= 0.3 is 5.69 Å². The lowest BCUT2D eigenvalue weighted by molar-refractivity contribution is 0.542. The van der Waals surface area contributed by atoms with Crippen LogP contribution in [0.25, 0.3) is 0 Å². The van der Waals surface area contributed by atoms with E-state index in [0.717, 1.165) is 0 Å². The van der Waals surface area contributed by atoms with E-state index < -0.39 is 22.2 Å². The maximum Gasteiger partial charge on any atom is 0.330 e. The molecule has 0 saturated carbocycles. The van der Waals surface area contributed by atoms with Gasteiger partial charge in [-0.1, -0.05) is 11.6 Å². The fourth-order valence-corrected chi connectivity index (χ4v) is 1.63. The molecule has 0 fully saturated rings. The van der Waals surface area contributed by atoms with E-state index in [-0.39, 0.29) is 6.54 Å². The van der Waals surface area contributed by atoms with Crippen LogP contribution in [0.2, 0.25) is 5.15 Å². The molecule has 0 radical (unpaired) electrons. The second-order valence-electron chi connectivity index (χ2n) is 3.48. The highest BCUT2D eigenvalue weighted by molar-refractivity contribution is 6.29. The highest BCUT2D eigenvalue weighted by Gasteiger charge is 2.14. The van der Waals surface area contributed by atoms with Gasteiger partial charge in [0.15, 0.2) is 11.0 Å². The van der Waals surface area contributed by atoms with Gasteiger partial charge in [0.2, 0.25) is 5.82 Å². The fraction of sp³-hybridized carbons (Fsp3) is 0.333. The number of nitrogens with zero attached hydrogens (tertiary/aromatic N) is 4. The van der Waals surface area contributed by atoms with Crippen LogP contribution in [0.15, 0.2) is 15.9 Å². The number of aryl methyl sites for hydroxylation is 1. The molecule has 2 aromatic heterocycles. The first-order chi connectivity index (χ1) is 8.54. The number of hydrogen-bond donors (Lipinski definition) is 1. The van der Waals surface area contributed by atoms with E-state index >= 15 is 0 Å². The number of H-pyrrole nitrogens is 1. The molecule has 0 saturated heterocycles. The van der Waals surface area contributed by atoms with Gasteiger partial charge in [-0.25, -0.2) is 4.79 Å². The molecule has 0 amide bonds. The molecule has 7 nitrogen and oxygen atoms in total. The van der Waals surface area contributed by atoms with Crippen LogP contribution in [0, 0.1) is 5.82 Å². The van der Waals surface area contributed by atoms with Crippen LogP contribution >= 0.6 is 11.6 Å². The summed E-state index contributed by atoms with van der Waals surface area (Å²) in [6.07, 6.45) is 1.46. The first-order valence-electron chi connectivity index (χ1n) is 5.09. The van der Waals surface area contributed by atoms with E-state index in [2.05, 4.69) is 10.2 Å². The van der Waals surface area contributed by atoms with Crippen molar-refractivity contribution in [3.63, 3.8) is 0 Å². The molecule has 1 N–H and O–H groups in total. The van der Waals surface area contributed by atoms with Gasteiger partial charge in [-0.05, 0) is 6.92 Å². The van der Waals surface area contributed by atoms with Crippen molar-refractivity contribution >= 4 is 11.6 Å². The minimum absolute atomic E-state index is 0.171. The standard InChI is InChI=1S/C9H9ClFN5O2/c1-2-15-4-12-14-5(15)3-16-8(17)6(11)7(10)13-9(16)18/h4H,2-3H2,1H3,(H,13,18). The maximum absolute atomic E-state index is 13.3. The zero-order valence-electron chi connectivity index (χ0n) is 9.35. The maximum atomic E-state index is 13.3. The molecule has 0 unspecified atom stereocenters. The highest BCUT2D eigenvalue weighted by Crippen LogP contribution is 2.03. The Morgan fingerprint density at radius 1 is 1.50 bits per heavy atom. The SMILES string of the molecule is CCn1cnnc1Cn1c(=O)[nH]c(Cl)c(F)c1=O. The van der Waals surface area contributed by atoms with Gasteiger partial charge in [0, 0.05) is 6.54 Å². The quantitative estimate of drug-likeness (QED) is 0.797. The molecular weight excluding hydrogens is 265 g/mol. The number of aromatic amines is 1. The summed E-state index contributed by atoms with van der Waals surface area (Å²) in [6.45, 7) is 2.25. The average molecular weight is 274 g/mol. The van der Waals surface area contributed by atoms with Crippen LogP contribution in [0.4, 0.5) is 4.39 Å². The van der Waals surface area contributed by atoms with Gasteiger partial charge < -0.3 is 4.57 Å². The molecule has 0 aliphatic heterocycles. The topological polar surface area (TPSA) is 85.6 Å². The zero-order chi connectivity index (χ0) is 13.3. The van der Waals surface area contributed by atoms with Gasteiger partial charge in [-0.2, -0.15) is 4.39 Å². The molecule has 0 aromatic carbocycles. The molecule has 2 rings (SSSR count). The molecule has 0 aliphatic carbocycles. The summed E-state index contributed by atoms with van der Waals surface area (Å²) in [7, 11) is 0. The largest absolute Gasteiger partial charge is 0.330 e. The Balaban J connectivity index is 2.51. The van der Waals surface area contributed by atoms with E-state index in [4.69, 9.17) is 11.6 Å². The third kappa shape index (κ3) is 2.06. The summed E-state index contributed by atoms with van der Waals surface area (Å²) in [5, 5.41) is 6.82. The van der Waals surface area contributed by atoms with Gasteiger partial charge in [-0.15, -0.1) is 10.2 Å². The van der Waals surface area contributed by atoms with E-state index in [1.807, 2.05) is 11.9 Å². The number of hydrogen-bond acceptors (Lipinski definition) is 4. The fourth-order valence-electron chi connectivity index (χ4n) is 1.47. The number of aromatic nitrogens is 5. The van der Waals surface area contributed by atoms with E-state index in [1.165, 1.54) is 6.33 Å². The van der Waals surface area contributed by atoms with E-state index in [1.54, 1.807) is 4.57 Å². The Labute approximate surface area is 105 Å². The van der Waals surface area contributed by atoms with Crippen molar-refractivity contribution in [3.05, 3.63) is 44.0 Å². The lowest BCUT2D eigenvalue weighted by atomic mass is 10.5. The van der Waals surface area contributed by atoms with Gasteiger partial charge in [0.1, 0.15) is 6.33 Å². The van der Waals surface area contributed by atoms with Crippen LogP contribution in [0.3, 0.4) is 0 Å². The predicted molar refractivity (Wildman–Crippen MR) is 61.1 cm³/mol. The molecule has 9 heteroatoms. The molecule has 0 atom stereocenters. The molecular formula is C9H9ClFN5O2. The second kappa shape index (κ2) is 4.73. The van der Waals surface area contributed by atoms with E-state index in [9.17, 15) is 14.0 Å². The Bertz CT molecular complexity index is 689. The Morgan fingerprint density at radius 2 is 2.22 bits per heavy atom. The summed E-state index contributed by atoms with van der Waals surface area (Å²) >= 11 is 5.35. The molecule has 0 aliphatic rings. The lowest BCUT2D eigenvalue weighted by Gasteiger charge is -2.05. The zero-order valence-corrected chi connectivity index (χ0v) is 10.1. The summed E-state index contributed by atoms with van der Waals surface area (Å²) in [5.74, 6) is -0.814. The third-order valence-electron chi connectivity index (χ3n) is 2.42. The van der Waals surface area contributed by atoms with Crippen molar-refractivity contribution < 1.29 is 4.39 Å². The summed E-state index contributed by atoms with van der Waals surface area (Å²) in [5.41, 5.74) is -1.88. The van der Waals surface area contributed by atoms with Crippen molar-refractivity contribution in [1.82, 2.24) is 24.3 Å². The normalized spacial score (nSPS) is 10.8. The Hall–Kier alpha value is -1.96. The Morgan fingerprint density at radius 3 is 2.89 bits per heavy atom.